The van der Waals surface area contributed by atoms with E-state index in [1.165, 1.54) is 24.6 Å². The molecule has 0 unspecified atom stereocenters. The Morgan fingerprint density at radius 2 is 2.05 bits per heavy atom. The lowest BCUT2D eigenvalue weighted by atomic mass is 10.1. The summed E-state index contributed by atoms with van der Waals surface area (Å²) in [6, 6.07) is 8.58. The van der Waals surface area contributed by atoms with Crippen molar-refractivity contribution >= 4 is 27.5 Å². The summed E-state index contributed by atoms with van der Waals surface area (Å²) in [5, 5.41) is 11.4. The van der Waals surface area contributed by atoms with Crippen molar-refractivity contribution in [3.8, 4) is 11.1 Å². The van der Waals surface area contributed by atoms with E-state index in [1.807, 2.05) is 35.7 Å². The molecule has 0 saturated heterocycles. The van der Waals surface area contributed by atoms with Gasteiger partial charge in [0.15, 0.2) is 0 Å². The highest BCUT2D eigenvalue weighted by atomic mass is 32.1. The number of hydrogen-bond acceptors (Lipinski definition) is 4. The minimum Gasteiger partial charge on any atom is -0.480 e. The molecule has 0 radical (unpaired) electrons. The Bertz CT molecular complexity index is 868. The summed E-state index contributed by atoms with van der Waals surface area (Å²) in [6.07, 6.45) is 1.30. The zero-order valence-corrected chi connectivity index (χ0v) is 12.0. The van der Waals surface area contributed by atoms with Crippen LogP contribution in [-0.2, 0) is 4.79 Å². The third-order valence-corrected chi connectivity index (χ3v) is 4.27. The van der Waals surface area contributed by atoms with Crippen molar-refractivity contribution in [3.63, 3.8) is 0 Å². The Morgan fingerprint density at radius 3 is 2.71 bits per heavy atom. The molecule has 1 aromatic carbocycles. The van der Waals surface area contributed by atoms with Crippen LogP contribution in [0.2, 0.25) is 0 Å². The number of carbonyl (C=O) groups is 1. The van der Waals surface area contributed by atoms with Gasteiger partial charge in [-0.3, -0.25) is 9.36 Å². The molecular weight excluding hydrogens is 288 g/mol. The SMILES string of the molecule is C[C@@H](C(=O)O)n1cnc2scc(-c3ccccc3)c2c1=O. The Kier molecular flexibility index (Phi) is 3.31. The molecule has 0 spiro atoms. The molecule has 3 aromatic rings. The lowest BCUT2D eigenvalue weighted by Gasteiger charge is -2.10. The summed E-state index contributed by atoms with van der Waals surface area (Å²) < 4.78 is 1.16. The third kappa shape index (κ3) is 2.23. The van der Waals surface area contributed by atoms with Crippen LogP contribution in [0.1, 0.15) is 13.0 Å². The number of thiophene rings is 1. The van der Waals surface area contributed by atoms with Gasteiger partial charge in [-0.05, 0) is 12.5 Å². The van der Waals surface area contributed by atoms with Gasteiger partial charge in [0, 0.05) is 10.9 Å². The van der Waals surface area contributed by atoms with Gasteiger partial charge in [-0.1, -0.05) is 30.3 Å². The van der Waals surface area contributed by atoms with E-state index in [0.717, 1.165) is 15.7 Å². The zero-order chi connectivity index (χ0) is 15.0. The number of fused-ring (bicyclic) bond motifs is 1. The van der Waals surface area contributed by atoms with E-state index in [-0.39, 0.29) is 5.56 Å². The molecular formula is C15H12N2O3S. The van der Waals surface area contributed by atoms with Crippen LogP contribution in [0.15, 0.2) is 46.8 Å². The smallest absolute Gasteiger partial charge is 0.326 e. The van der Waals surface area contributed by atoms with Crippen molar-refractivity contribution in [2.75, 3.05) is 0 Å². The fraction of sp³-hybridized carbons (Fsp3) is 0.133. The first-order valence-corrected chi connectivity index (χ1v) is 7.24. The molecule has 0 saturated carbocycles. The van der Waals surface area contributed by atoms with Crippen LogP contribution in [0, 0.1) is 0 Å². The number of carboxylic acid groups (broad SMARTS) is 1. The van der Waals surface area contributed by atoms with E-state index >= 15 is 0 Å². The minimum atomic E-state index is -1.06. The molecule has 1 atom stereocenters. The van der Waals surface area contributed by atoms with Crippen LogP contribution in [0.5, 0.6) is 0 Å². The van der Waals surface area contributed by atoms with Gasteiger partial charge in [-0.15, -0.1) is 11.3 Å². The topological polar surface area (TPSA) is 72.2 Å². The van der Waals surface area contributed by atoms with Crippen molar-refractivity contribution < 1.29 is 9.90 Å². The Balaban J connectivity index is 2.28. The quantitative estimate of drug-likeness (QED) is 0.807. The Hall–Kier alpha value is -2.47. The largest absolute Gasteiger partial charge is 0.480 e. The van der Waals surface area contributed by atoms with Gasteiger partial charge >= 0.3 is 5.97 Å². The van der Waals surface area contributed by atoms with Gasteiger partial charge in [0.2, 0.25) is 0 Å². The van der Waals surface area contributed by atoms with Gasteiger partial charge in [0.25, 0.3) is 5.56 Å². The number of nitrogens with zero attached hydrogens (tertiary/aromatic N) is 2. The average molecular weight is 300 g/mol. The maximum Gasteiger partial charge on any atom is 0.326 e. The van der Waals surface area contributed by atoms with Crippen LogP contribution in [0.25, 0.3) is 21.3 Å². The van der Waals surface area contributed by atoms with Crippen molar-refractivity contribution in [2.45, 2.75) is 13.0 Å². The van der Waals surface area contributed by atoms with Crippen LogP contribution in [0.3, 0.4) is 0 Å². The summed E-state index contributed by atoms with van der Waals surface area (Å²) >= 11 is 1.38. The highest BCUT2D eigenvalue weighted by Crippen LogP contribution is 2.30. The van der Waals surface area contributed by atoms with Crippen molar-refractivity contribution in [2.24, 2.45) is 0 Å². The number of carboxylic acids is 1. The zero-order valence-electron chi connectivity index (χ0n) is 11.2. The number of aromatic nitrogens is 2. The number of rotatable bonds is 3. The summed E-state index contributed by atoms with van der Waals surface area (Å²) in [5.41, 5.74) is 1.39. The molecule has 0 aliphatic heterocycles. The monoisotopic (exact) mass is 300 g/mol. The van der Waals surface area contributed by atoms with E-state index < -0.39 is 12.0 Å². The first-order valence-electron chi connectivity index (χ1n) is 6.36. The number of aliphatic carboxylic acids is 1. The molecule has 0 bridgehead atoms. The lowest BCUT2D eigenvalue weighted by Crippen LogP contribution is -2.28. The van der Waals surface area contributed by atoms with E-state index in [9.17, 15) is 9.59 Å². The second-order valence-electron chi connectivity index (χ2n) is 4.67. The van der Waals surface area contributed by atoms with Crippen LogP contribution >= 0.6 is 11.3 Å². The molecule has 5 nitrogen and oxygen atoms in total. The van der Waals surface area contributed by atoms with E-state index in [0.29, 0.717) is 10.2 Å². The highest BCUT2D eigenvalue weighted by Gasteiger charge is 2.19. The summed E-state index contributed by atoms with van der Waals surface area (Å²) in [7, 11) is 0. The highest BCUT2D eigenvalue weighted by molar-refractivity contribution is 7.17. The van der Waals surface area contributed by atoms with Crippen LogP contribution in [-0.4, -0.2) is 20.6 Å². The minimum absolute atomic E-state index is 0.324. The van der Waals surface area contributed by atoms with Crippen molar-refractivity contribution in [1.82, 2.24) is 9.55 Å². The molecule has 0 aliphatic rings. The van der Waals surface area contributed by atoms with Gasteiger partial charge in [0.05, 0.1) is 11.7 Å². The number of benzene rings is 1. The lowest BCUT2D eigenvalue weighted by molar-refractivity contribution is -0.140. The molecule has 0 aliphatic carbocycles. The summed E-state index contributed by atoms with van der Waals surface area (Å²) in [5.74, 6) is -1.06. The van der Waals surface area contributed by atoms with Crippen molar-refractivity contribution in [3.05, 3.63) is 52.4 Å². The van der Waals surface area contributed by atoms with E-state index in [4.69, 9.17) is 5.11 Å². The number of hydrogen-bond donors (Lipinski definition) is 1. The van der Waals surface area contributed by atoms with Gasteiger partial charge in [-0.25, -0.2) is 9.78 Å². The Morgan fingerprint density at radius 1 is 1.33 bits per heavy atom. The van der Waals surface area contributed by atoms with Crippen molar-refractivity contribution in [1.29, 1.82) is 0 Å². The van der Waals surface area contributed by atoms with Gasteiger partial charge < -0.3 is 5.11 Å². The maximum atomic E-state index is 12.6. The predicted octanol–water partition coefficient (Wildman–Crippen LogP) is 2.77. The molecule has 2 heterocycles. The predicted molar refractivity (Wildman–Crippen MR) is 81.7 cm³/mol. The van der Waals surface area contributed by atoms with Crippen LogP contribution in [0.4, 0.5) is 0 Å². The molecule has 6 heteroatoms. The Labute approximate surface area is 124 Å². The first-order chi connectivity index (χ1) is 10.1. The van der Waals surface area contributed by atoms with Gasteiger partial charge in [-0.2, -0.15) is 0 Å². The molecule has 2 aromatic heterocycles. The molecule has 106 valence electrons. The van der Waals surface area contributed by atoms with E-state index in [2.05, 4.69) is 4.98 Å². The summed E-state index contributed by atoms with van der Waals surface area (Å²) in [6.45, 7) is 1.46. The second-order valence-corrected chi connectivity index (χ2v) is 5.52. The second kappa shape index (κ2) is 5.14. The molecule has 0 amide bonds. The third-order valence-electron chi connectivity index (χ3n) is 3.38. The molecule has 3 rings (SSSR count). The molecule has 0 fully saturated rings. The maximum absolute atomic E-state index is 12.6. The first kappa shape index (κ1) is 13.5. The summed E-state index contributed by atoms with van der Waals surface area (Å²) in [4.78, 5) is 28.5. The van der Waals surface area contributed by atoms with Gasteiger partial charge in [0.1, 0.15) is 10.9 Å². The standard InChI is InChI=1S/C15H12N2O3S/c1-9(15(19)20)17-8-16-13-12(14(17)18)11(7-21-13)10-5-3-2-4-6-10/h2-9H,1H3,(H,19,20)/t9-/m0/s1. The fourth-order valence-corrected chi connectivity index (χ4v) is 3.08. The normalized spacial score (nSPS) is 12.4. The average Bonchev–Trinajstić information content (AvgIpc) is 2.92. The van der Waals surface area contributed by atoms with E-state index in [1.54, 1.807) is 0 Å². The van der Waals surface area contributed by atoms with Crippen LogP contribution < -0.4 is 5.56 Å². The molecule has 1 N–H and O–H groups in total. The molecule has 21 heavy (non-hydrogen) atoms. The fourth-order valence-electron chi connectivity index (χ4n) is 2.17.